The molecule has 0 radical (unpaired) electrons. The van der Waals surface area contributed by atoms with Crippen LogP contribution >= 0.6 is 0 Å². The van der Waals surface area contributed by atoms with E-state index in [1.54, 1.807) is 13.2 Å². The van der Waals surface area contributed by atoms with Gasteiger partial charge in [-0.05, 0) is 56.6 Å². The van der Waals surface area contributed by atoms with E-state index in [0.29, 0.717) is 17.9 Å². The molecule has 7 heteroatoms. The van der Waals surface area contributed by atoms with E-state index in [1.807, 2.05) is 37.3 Å². The van der Waals surface area contributed by atoms with Gasteiger partial charge in [0, 0.05) is 30.4 Å². The molecule has 7 nitrogen and oxygen atoms in total. The number of methoxy groups -OCH3 is 1. The highest BCUT2D eigenvalue weighted by atomic mass is 16.5. The van der Waals surface area contributed by atoms with Gasteiger partial charge in [-0.15, -0.1) is 0 Å². The van der Waals surface area contributed by atoms with Gasteiger partial charge in [0.25, 0.3) is 0 Å². The van der Waals surface area contributed by atoms with Crippen LogP contribution in [-0.4, -0.2) is 43.6 Å². The number of benzene rings is 2. The molecule has 3 amide bonds. The molecule has 1 atom stereocenters. The highest BCUT2D eigenvalue weighted by Crippen LogP contribution is 2.31. The molecule has 1 fully saturated rings. The van der Waals surface area contributed by atoms with Gasteiger partial charge < -0.3 is 20.7 Å². The summed E-state index contributed by atoms with van der Waals surface area (Å²) in [5, 5.41) is 8.63. The van der Waals surface area contributed by atoms with Gasteiger partial charge in [-0.3, -0.25) is 9.69 Å². The van der Waals surface area contributed by atoms with Gasteiger partial charge in [-0.1, -0.05) is 24.3 Å². The first-order chi connectivity index (χ1) is 14.5. The molecule has 3 N–H and O–H groups in total. The minimum Gasteiger partial charge on any atom is -0.496 e. The second-order valence-electron chi connectivity index (χ2n) is 7.55. The Hall–Kier alpha value is -3.06. The lowest BCUT2D eigenvalue weighted by Gasteiger charge is -2.29. The number of nitrogens with zero attached hydrogens (tertiary/aromatic N) is 1. The summed E-state index contributed by atoms with van der Waals surface area (Å²) >= 11 is 0. The van der Waals surface area contributed by atoms with Gasteiger partial charge in [0.2, 0.25) is 5.91 Å². The third kappa shape index (κ3) is 5.51. The average Bonchev–Trinajstić information content (AvgIpc) is 3.25. The number of likely N-dealkylation sites (tertiary alicyclic amines) is 1. The lowest BCUT2D eigenvalue weighted by Crippen LogP contribution is -2.38. The predicted molar refractivity (Wildman–Crippen MR) is 119 cm³/mol. The van der Waals surface area contributed by atoms with E-state index in [-0.39, 0.29) is 18.0 Å². The number of ether oxygens (including phenoxy) is 1. The van der Waals surface area contributed by atoms with E-state index < -0.39 is 0 Å². The Labute approximate surface area is 177 Å². The number of hydrogen-bond acceptors (Lipinski definition) is 4. The first kappa shape index (κ1) is 21.6. The van der Waals surface area contributed by atoms with Crippen LogP contribution in [0, 0.1) is 6.92 Å². The SMILES string of the molecule is COc1ccccc1C(CNC(=O)Nc1ccc(C)c(NC(C)=O)c1)N1CCCC1. The maximum atomic E-state index is 12.6. The highest BCUT2D eigenvalue weighted by Gasteiger charge is 2.26. The van der Waals surface area contributed by atoms with Crippen LogP contribution in [0.15, 0.2) is 42.5 Å². The second-order valence-corrected chi connectivity index (χ2v) is 7.55. The zero-order valence-electron chi connectivity index (χ0n) is 17.8. The quantitative estimate of drug-likeness (QED) is 0.646. The van der Waals surface area contributed by atoms with Crippen LogP contribution in [0.4, 0.5) is 16.2 Å². The van der Waals surface area contributed by atoms with E-state index in [0.717, 1.165) is 42.8 Å². The van der Waals surface area contributed by atoms with E-state index in [9.17, 15) is 9.59 Å². The summed E-state index contributed by atoms with van der Waals surface area (Å²) < 4.78 is 5.55. The number of carbonyl (C=O) groups is 2. The van der Waals surface area contributed by atoms with Gasteiger partial charge >= 0.3 is 6.03 Å². The molecular weight excluding hydrogens is 380 g/mol. The maximum Gasteiger partial charge on any atom is 0.319 e. The van der Waals surface area contributed by atoms with Gasteiger partial charge in [0.15, 0.2) is 0 Å². The second kappa shape index (κ2) is 10.1. The van der Waals surface area contributed by atoms with Crippen LogP contribution in [0.3, 0.4) is 0 Å². The zero-order valence-corrected chi connectivity index (χ0v) is 17.8. The summed E-state index contributed by atoms with van der Waals surface area (Å²) in [6.45, 7) is 5.84. The molecule has 2 aromatic rings. The Bertz CT molecular complexity index is 894. The molecule has 2 aromatic carbocycles. The van der Waals surface area contributed by atoms with Crippen molar-refractivity contribution >= 4 is 23.3 Å². The fourth-order valence-electron chi connectivity index (χ4n) is 3.82. The first-order valence-corrected chi connectivity index (χ1v) is 10.3. The molecule has 1 heterocycles. The van der Waals surface area contributed by atoms with Crippen molar-refractivity contribution in [2.75, 3.05) is 37.4 Å². The van der Waals surface area contributed by atoms with Gasteiger partial charge in [-0.25, -0.2) is 4.79 Å². The molecule has 1 aliphatic rings. The van der Waals surface area contributed by atoms with Crippen molar-refractivity contribution in [1.82, 2.24) is 10.2 Å². The summed E-state index contributed by atoms with van der Waals surface area (Å²) in [4.78, 5) is 26.3. The number of hydrogen-bond donors (Lipinski definition) is 3. The van der Waals surface area contributed by atoms with Gasteiger partial charge in [0.1, 0.15) is 5.75 Å². The van der Waals surface area contributed by atoms with Crippen LogP contribution in [0.2, 0.25) is 0 Å². The molecule has 30 heavy (non-hydrogen) atoms. The van der Waals surface area contributed by atoms with E-state index >= 15 is 0 Å². The number of amides is 3. The minimum absolute atomic E-state index is 0.0439. The topological polar surface area (TPSA) is 82.7 Å². The van der Waals surface area contributed by atoms with Crippen molar-refractivity contribution in [2.24, 2.45) is 0 Å². The first-order valence-electron chi connectivity index (χ1n) is 10.3. The van der Waals surface area contributed by atoms with Crippen molar-refractivity contribution in [1.29, 1.82) is 0 Å². The zero-order chi connectivity index (χ0) is 21.5. The predicted octanol–water partition coefficient (Wildman–Crippen LogP) is 3.92. The number of para-hydroxylation sites is 1. The molecule has 0 saturated carbocycles. The smallest absolute Gasteiger partial charge is 0.319 e. The summed E-state index contributed by atoms with van der Waals surface area (Å²) in [7, 11) is 1.67. The lowest BCUT2D eigenvalue weighted by molar-refractivity contribution is -0.114. The molecule has 1 saturated heterocycles. The van der Waals surface area contributed by atoms with Crippen molar-refractivity contribution in [3.05, 3.63) is 53.6 Å². The van der Waals surface area contributed by atoms with Crippen LogP contribution in [-0.2, 0) is 4.79 Å². The Morgan fingerprint density at radius 3 is 2.53 bits per heavy atom. The number of carbonyl (C=O) groups excluding carboxylic acids is 2. The number of anilines is 2. The molecular formula is C23H30N4O3. The fraction of sp³-hybridized carbons (Fsp3) is 0.391. The number of rotatable bonds is 7. The number of nitrogens with one attached hydrogen (secondary N) is 3. The molecule has 0 bridgehead atoms. The standard InChI is InChI=1S/C23H30N4O3/c1-16-10-11-18(14-20(16)25-17(2)28)26-23(29)24-15-21(27-12-6-7-13-27)19-8-4-5-9-22(19)30-3/h4-5,8-11,14,21H,6-7,12-13,15H2,1-3H3,(H,25,28)(H2,24,26,29). The van der Waals surface area contributed by atoms with Gasteiger partial charge in [-0.2, -0.15) is 0 Å². The van der Waals surface area contributed by atoms with Crippen LogP contribution in [0.25, 0.3) is 0 Å². The molecule has 0 aliphatic carbocycles. The number of urea groups is 1. The molecule has 0 aromatic heterocycles. The molecule has 1 unspecified atom stereocenters. The summed E-state index contributed by atoms with van der Waals surface area (Å²) in [5.41, 5.74) is 3.31. The molecule has 3 rings (SSSR count). The summed E-state index contributed by atoms with van der Waals surface area (Å²) in [6, 6.07) is 13.2. The fourth-order valence-corrected chi connectivity index (χ4v) is 3.82. The molecule has 1 aliphatic heterocycles. The summed E-state index contributed by atoms with van der Waals surface area (Å²) in [5.74, 6) is 0.681. The van der Waals surface area contributed by atoms with E-state index in [4.69, 9.17) is 4.74 Å². The maximum absolute atomic E-state index is 12.6. The summed E-state index contributed by atoms with van der Waals surface area (Å²) in [6.07, 6.45) is 2.32. The third-order valence-corrected chi connectivity index (χ3v) is 5.34. The van der Waals surface area contributed by atoms with Crippen molar-refractivity contribution in [3.63, 3.8) is 0 Å². The minimum atomic E-state index is -0.285. The Kier molecular flexibility index (Phi) is 7.30. The largest absolute Gasteiger partial charge is 0.496 e. The van der Waals surface area contributed by atoms with Crippen LogP contribution in [0.5, 0.6) is 5.75 Å². The lowest BCUT2D eigenvalue weighted by atomic mass is 10.0. The average molecular weight is 411 g/mol. The van der Waals surface area contributed by atoms with Crippen molar-refractivity contribution in [3.8, 4) is 5.75 Å². The monoisotopic (exact) mass is 410 g/mol. The van der Waals surface area contributed by atoms with Crippen LogP contribution < -0.4 is 20.7 Å². The van der Waals surface area contributed by atoms with Crippen LogP contribution in [0.1, 0.15) is 36.9 Å². The highest BCUT2D eigenvalue weighted by molar-refractivity contribution is 5.93. The Morgan fingerprint density at radius 1 is 1.10 bits per heavy atom. The normalized spacial score (nSPS) is 14.8. The van der Waals surface area contributed by atoms with E-state index in [2.05, 4.69) is 26.9 Å². The Balaban J connectivity index is 1.68. The van der Waals surface area contributed by atoms with E-state index in [1.165, 1.54) is 6.92 Å². The molecule has 160 valence electrons. The van der Waals surface area contributed by atoms with Gasteiger partial charge in [0.05, 0.1) is 13.2 Å². The third-order valence-electron chi connectivity index (χ3n) is 5.34. The number of aryl methyl sites for hydroxylation is 1. The van der Waals surface area contributed by atoms with Crippen molar-refractivity contribution in [2.45, 2.75) is 32.7 Å². The van der Waals surface area contributed by atoms with Crippen molar-refractivity contribution < 1.29 is 14.3 Å². The molecule has 0 spiro atoms. The Morgan fingerprint density at radius 2 is 1.83 bits per heavy atom.